The van der Waals surface area contributed by atoms with Gasteiger partial charge in [0.05, 0.1) is 5.69 Å². The van der Waals surface area contributed by atoms with E-state index in [0.29, 0.717) is 0 Å². The Hall–Kier alpha value is -6.00. The number of anilines is 3. The van der Waals surface area contributed by atoms with Gasteiger partial charge in [0.1, 0.15) is 0 Å². The maximum Gasteiger partial charge on any atom is 0.0554 e. The van der Waals surface area contributed by atoms with Crippen LogP contribution in [-0.4, -0.2) is 0 Å². The van der Waals surface area contributed by atoms with Crippen LogP contribution < -0.4 is 4.90 Å². The van der Waals surface area contributed by atoms with Gasteiger partial charge in [0.2, 0.25) is 0 Å². The Morgan fingerprint density at radius 2 is 1.04 bits per heavy atom. The van der Waals surface area contributed by atoms with Gasteiger partial charge in [-0.15, -0.1) is 22.7 Å². The minimum absolute atomic E-state index is 0.215. The lowest BCUT2D eigenvalue weighted by molar-refractivity contribution is 0.715. The molecule has 0 spiro atoms. The topological polar surface area (TPSA) is 3.24 Å². The van der Waals surface area contributed by atoms with Crippen LogP contribution >= 0.6 is 22.7 Å². The summed E-state index contributed by atoms with van der Waals surface area (Å²) < 4.78 is 5.23. The van der Waals surface area contributed by atoms with Crippen molar-refractivity contribution in [2.24, 2.45) is 0 Å². The normalized spacial score (nSPS) is 13.2. The lowest BCUT2D eigenvalue weighted by Gasteiger charge is -2.28. The molecule has 1 aliphatic rings. The minimum atomic E-state index is -0.215. The fourth-order valence-electron chi connectivity index (χ4n) is 8.78. The molecule has 0 radical (unpaired) electrons. The molecular formula is C50H33NS2. The van der Waals surface area contributed by atoms with Crippen LogP contribution in [0.3, 0.4) is 0 Å². The number of fused-ring (bicyclic) bond motifs is 9. The first kappa shape index (κ1) is 30.6. The van der Waals surface area contributed by atoms with Crippen LogP contribution in [-0.2, 0) is 5.41 Å². The third kappa shape index (κ3) is 4.61. The van der Waals surface area contributed by atoms with Gasteiger partial charge in [-0.1, -0.05) is 127 Å². The number of hydrogen-bond acceptors (Lipinski definition) is 3. The van der Waals surface area contributed by atoms with Crippen LogP contribution in [0.15, 0.2) is 182 Å². The van der Waals surface area contributed by atoms with Crippen molar-refractivity contribution in [1.29, 1.82) is 0 Å². The van der Waals surface area contributed by atoms with E-state index in [1.54, 1.807) is 0 Å². The molecule has 8 aromatic carbocycles. The van der Waals surface area contributed by atoms with Crippen LogP contribution in [0.1, 0.15) is 23.6 Å². The average Bonchev–Trinajstić information content (AvgIpc) is 3.87. The quantitative estimate of drug-likeness (QED) is 0.172. The van der Waals surface area contributed by atoms with Crippen LogP contribution in [0.25, 0.3) is 62.6 Å². The Morgan fingerprint density at radius 1 is 0.415 bits per heavy atom. The zero-order valence-electron chi connectivity index (χ0n) is 29.1. The number of rotatable bonds is 5. The highest BCUT2D eigenvalue weighted by Crippen LogP contribution is 2.53. The van der Waals surface area contributed by atoms with E-state index < -0.39 is 0 Å². The van der Waals surface area contributed by atoms with E-state index in [1.165, 1.54) is 85.0 Å². The molecule has 1 aliphatic carbocycles. The minimum Gasteiger partial charge on any atom is -0.310 e. The number of benzene rings is 8. The summed E-state index contributed by atoms with van der Waals surface area (Å²) in [7, 11) is 0. The summed E-state index contributed by atoms with van der Waals surface area (Å²) in [6.45, 7) is 2.40. The standard InChI is InChI=1S/C50H33NS2/c1-50(42-17-8-5-14-37(42)38-15-6-9-18-43(38)50)34-24-28-39-41-31-36(27-29-46(41)53-48(39)30-34)51(35-25-22-33(23-26-35)32-12-3-2-4-13-32)44-19-11-21-47-49(44)40-16-7-10-20-45(40)52-47/h2-31H,1H3. The predicted molar refractivity (Wildman–Crippen MR) is 230 cm³/mol. The first-order valence-electron chi connectivity index (χ1n) is 18.2. The van der Waals surface area contributed by atoms with Crippen molar-refractivity contribution in [2.75, 3.05) is 4.90 Å². The van der Waals surface area contributed by atoms with Gasteiger partial charge in [-0.25, -0.2) is 0 Å². The lowest BCUT2D eigenvalue weighted by atomic mass is 9.74. The van der Waals surface area contributed by atoms with Crippen molar-refractivity contribution in [3.05, 3.63) is 199 Å². The Kier molecular flexibility index (Phi) is 6.79. The Labute approximate surface area is 316 Å². The molecule has 2 aromatic heterocycles. The molecule has 0 saturated carbocycles. The third-order valence-corrected chi connectivity index (χ3v) is 13.6. The van der Waals surface area contributed by atoms with Crippen LogP contribution in [0.5, 0.6) is 0 Å². The number of nitrogens with zero attached hydrogens (tertiary/aromatic N) is 1. The molecule has 1 nitrogen and oxygen atoms in total. The SMILES string of the molecule is CC1(c2ccc3c(c2)sc2ccc(N(c4ccc(-c5ccccc5)cc4)c4cccc5sc6ccccc6c45)cc23)c2ccccc2-c2ccccc21. The van der Waals surface area contributed by atoms with Gasteiger partial charge in [0.25, 0.3) is 0 Å². The molecule has 2 heterocycles. The zero-order chi connectivity index (χ0) is 35.1. The van der Waals surface area contributed by atoms with Gasteiger partial charge in [-0.3, -0.25) is 0 Å². The molecule has 10 aromatic rings. The second kappa shape index (κ2) is 11.8. The molecule has 0 bridgehead atoms. The second-order valence-electron chi connectivity index (χ2n) is 14.2. The summed E-state index contributed by atoms with van der Waals surface area (Å²) in [5.41, 5.74) is 12.5. The van der Waals surface area contributed by atoms with Gasteiger partial charge in [0.15, 0.2) is 0 Å². The van der Waals surface area contributed by atoms with Gasteiger partial charge in [0, 0.05) is 57.1 Å². The molecule has 11 rings (SSSR count). The smallest absolute Gasteiger partial charge is 0.0554 e. The van der Waals surface area contributed by atoms with Crippen molar-refractivity contribution in [3.63, 3.8) is 0 Å². The van der Waals surface area contributed by atoms with E-state index in [-0.39, 0.29) is 5.41 Å². The Balaban J connectivity index is 1.09. The number of thiophene rings is 2. The molecule has 0 N–H and O–H groups in total. The Morgan fingerprint density at radius 3 is 1.83 bits per heavy atom. The fourth-order valence-corrected chi connectivity index (χ4v) is 11.0. The molecule has 0 fully saturated rings. The van der Waals surface area contributed by atoms with E-state index in [4.69, 9.17) is 0 Å². The van der Waals surface area contributed by atoms with Crippen molar-refractivity contribution >= 4 is 80.1 Å². The largest absolute Gasteiger partial charge is 0.310 e. The summed E-state index contributed by atoms with van der Waals surface area (Å²) >= 11 is 3.76. The van der Waals surface area contributed by atoms with Gasteiger partial charge < -0.3 is 4.90 Å². The van der Waals surface area contributed by atoms with Crippen molar-refractivity contribution in [1.82, 2.24) is 0 Å². The van der Waals surface area contributed by atoms with Crippen LogP contribution in [0.2, 0.25) is 0 Å². The monoisotopic (exact) mass is 711 g/mol. The van der Waals surface area contributed by atoms with Crippen LogP contribution in [0.4, 0.5) is 17.1 Å². The molecule has 3 heteroatoms. The average molecular weight is 712 g/mol. The first-order valence-corrected chi connectivity index (χ1v) is 19.8. The molecule has 0 amide bonds. The summed E-state index contributed by atoms with van der Waals surface area (Å²) in [6.07, 6.45) is 0. The molecule has 250 valence electrons. The highest BCUT2D eigenvalue weighted by molar-refractivity contribution is 7.26. The zero-order valence-corrected chi connectivity index (χ0v) is 30.7. The Bertz CT molecular complexity index is 2980. The summed E-state index contributed by atoms with van der Waals surface area (Å²) in [5, 5.41) is 5.19. The molecular weight excluding hydrogens is 679 g/mol. The molecule has 0 unspecified atom stereocenters. The van der Waals surface area contributed by atoms with Gasteiger partial charge >= 0.3 is 0 Å². The molecule has 0 saturated heterocycles. The van der Waals surface area contributed by atoms with Gasteiger partial charge in [-0.2, -0.15) is 0 Å². The van der Waals surface area contributed by atoms with E-state index in [2.05, 4.69) is 194 Å². The maximum absolute atomic E-state index is 2.46. The first-order chi connectivity index (χ1) is 26.1. The number of hydrogen-bond donors (Lipinski definition) is 0. The van der Waals surface area contributed by atoms with Crippen molar-refractivity contribution in [3.8, 4) is 22.3 Å². The maximum atomic E-state index is 2.46. The van der Waals surface area contributed by atoms with E-state index >= 15 is 0 Å². The van der Waals surface area contributed by atoms with Crippen molar-refractivity contribution < 1.29 is 0 Å². The highest BCUT2D eigenvalue weighted by Gasteiger charge is 2.40. The summed E-state index contributed by atoms with van der Waals surface area (Å²) in [4.78, 5) is 2.46. The fraction of sp³-hybridized carbons (Fsp3) is 0.0400. The van der Waals surface area contributed by atoms with E-state index in [0.717, 1.165) is 11.4 Å². The van der Waals surface area contributed by atoms with Crippen molar-refractivity contribution in [2.45, 2.75) is 12.3 Å². The third-order valence-electron chi connectivity index (χ3n) is 11.4. The molecule has 0 aliphatic heterocycles. The predicted octanol–water partition coefficient (Wildman–Crippen LogP) is 14.9. The van der Waals surface area contributed by atoms with E-state index in [1.807, 2.05) is 22.7 Å². The summed E-state index contributed by atoms with van der Waals surface area (Å²) in [5.74, 6) is 0. The second-order valence-corrected chi connectivity index (χ2v) is 16.4. The summed E-state index contributed by atoms with van der Waals surface area (Å²) in [6, 6.07) is 67.4. The molecule has 0 atom stereocenters. The van der Waals surface area contributed by atoms with Crippen LogP contribution in [0, 0.1) is 0 Å². The lowest BCUT2D eigenvalue weighted by Crippen LogP contribution is -2.22. The molecule has 53 heavy (non-hydrogen) atoms. The van der Waals surface area contributed by atoms with E-state index in [9.17, 15) is 0 Å². The van der Waals surface area contributed by atoms with Gasteiger partial charge in [-0.05, 0) is 100 Å². The highest BCUT2D eigenvalue weighted by atomic mass is 32.1.